The predicted octanol–water partition coefficient (Wildman–Crippen LogP) is 3.71. The molecule has 0 bridgehead atoms. The van der Waals surface area contributed by atoms with E-state index in [-0.39, 0.29) is 0 Å². The Labute approximate surface area is 118 Å². The van der Waals surface area contributed by atoms with Gasteiger partial charge in [0.05, 0.1) is 0 Å². The summed E-state index contributed by atoms with van der Waals surface area (Å²) in [5.41, 5.74) is 8.77. The van der Waals surface area contributed by atoms with E-state index in [9.17, 15) is 0 Å². The smallest absolute Gasteiger partial charge is 0.0346 e. The number of benzene rings is 1. The molecule has 0 radical (unpaired) electrons. The molecule has 106 valence electrons. The lowest BCUT2D eigenvalue weighted by Gasteiger charge is -2.23. The molecule has 2 heteroatoms. The Kier molecular flexibility index (Phi) is 4.87. The lowest BCUT2D eigenvalue weighted by Crippen LogP contribution is -2.27. The van der Waals surface area contributed by atoms with Crippen LogP contribution in [0.1, 0.15) is 45.1 Å². The molecule has 0 atom stereocenters. The number of hydrogen-bond acceptors (Lipinski definition) is 2. The molecule has 1 aliphatic heterocycles. The Bertz CT molecular complexity index is 398. The van der Waals surface area contributed by atoms with Gasteiger partial charge in [-0.15, -0.1) is 0 Å². The molecule has 19 heavy (non-hydrogen) atoms. The number of para-hydroxylation sites is 1. The molecule has 1 aromatic rings. The van der Waals surface area contributed by atoms with Crippen LogP contribution in [0.25, 0.3) is 0 Å². The van der Waals surface area contributed by atoms with Crippen LogP contribution in [0.15, 0.2) is 24.3 Å². The fourth-order valence-corrected chi connectivity index (χ4v) is 2.96. The quantitative estimate of drug-likeness (QED) is 0.836. The van der Waals surface area contributed by atoms with Crippen molar-refractivity contribution in [2.75, 3.05) is 25.4 Å². The van der Waals surface area contributed by atoms with Crippen LogP contribution in [0.4, 0.5) is 5.69 Å². The molecule has 1 fully saturated rings. The second-order valence-corrected chi connectivity index (χ2v) is 6.66. The minimum Gasteiger partial charge on any atom is -0.399 e. The van der Waals surface area contributed by atoms with E-state index in [1.54, 1.807) is 0 Å². The second kappa shape index (κ2) is 6.42. The van der Waals surface area contributed by atoms with Crippen molar-refractivity contribution in [3.8, 4) is 0 Å². The third-order valence-electron chi connectivity index (χ3n) is 4.41. The molecule has 1 aliphatic rings. The molecular formula is C17H28N2. The highest BCUT2D eigenvalue weighted by atomic mass is 15.1. The maximum absolute atomic E-state index is 5.99. The number of hydrogen-bond donors (Lipinski definition) is 1. The maximum Gasteiger partial charge on any atom is 0.0346 e. The minimum absolute atomic E-state index is 0.540. The average Bonchev–Trinajstić information content (AvgIpc) is 2.53. The van der Waals surface area contributed by atoms with Crippen molar-refractivity contribution in [1.82, 2.24) is 4.90 Å². The van der Waals surface area contributed by atoms with E-state index < -0.39 is 0 Å². The highest BCUT2D eigenvalue weighted by Gasteiger charge is 2.22. The van der Waals surface area contributed by atoms with Gasteiger partial charge in [0.2, 0.25) is 0 Å². The molecule has 2 nitrogen and oxygen atoms in total. The Morgan fingerprint density at radius 3 is 2.74 bits per heavy atom. The van der Waals surface area contributed by atoms with E-state index in [1.165, 1.54) is 50.9 Å². The van der Waals surface area contributed by atoms with Crippen LogP contribution in [0.5, 0.6) is 0 Å². The van der Waals surface area contributed by atoms with E-state index in [2.05, 4.69) is 30.9 Å². The fraction of sp³-hybridized carbons (Fsp3) is 0.647. The molecule has 2 rings (SSSR count). The van der Waals surface area contributed by atoms with Crippen LogP contribution >= 0.6 is 0 Å². The number of nitrogens with zero attached hydrogens (tertiary/aromatic N) is 1. The second-order valence-electron chi connectivity index (χ2n) is 6.66. The van der Waals surface area contributed by atoms with Crippen molar-refractivity contribution in [1.29, 1.82) is 0 Å². The van der Waals surface area contributed by atoms with Gasteiger partial charge in [-0.25, -0.2) is 0 Å². The van der Waals surface area contributed by atoms with Gasteiger partial charge >= 0.3 is 0 Å². The van der Waals surface area contributed by atoms with Gasteiger partial charge in [0.25, 0.3) is 0 Å². The van der Waals surface area contributed by atoms with Crippen molar-refractivity contribution in [3.05, 3.63) is 29.8 Å². The normalized spacial score (nSPS) is 20.1. The lowest BCUT2D eigenvalue weighted by atomic mass is 9.85. The zero-order chi connectivity index (χ0) is 13.7. The van der Waals surface area contributed by atoms with Gasteiger partial charge in [0.15, 0.2) is 0 Å². The van der Waals surface area contributed by atoms with Crippen molar-refractivity contribution >= 4 is 5.69 Å². The number of nitrogens with two attached hydrogens (primary N) is 1. The van der Waals surface area contributed by atoms with Crippen molar-refractivity contribution < 1.29 is 0 Å². The number of nitrogen functional groups attached to an aromatic ring is 1. The zero-order valence-electron chi connectivity index (χ0n) is 12.5. The summed E-state index contributed by atoms with van der Waals surface area (Å²) in [7, 11) is 0. The Morgan fingerprint density at radius 2 is 1.95 bits per heavy atom. The topological polar surface area (TPSA) is 29.3 Å². The average molecular weight is 260 g/mol. The molecule has 0 aromatic heterocycles. The summed E-state index contributed by atoms with van der Waals surface area (Å²) in [5, 5.41) is 0. The zero-order valence-corrected chi connectivity index (χ0v) is 12.5. The van der Waals surface area contributed by atoms with Gasteiger partial charge in [-0.05, 0) is 68.8 Å². The van der Waals surface area contributed by atoms with Crippen molar-refractivity contribution in [2.24, 2.45) is 5.41 Å². The van der Waals surface area contributed by atoms with Crippen LogP contribution in [-0.2, 0) is 6.42 Å². The first-order chi connectivity index (χ1) is 9.07. The first-order valence-electron chi connectivity index (χ1n) is 7.63. The van der Waals surface area contributed by atoms with Crippen LogP contribution in [0, 0.1) is 5.41 Å². The molecule has 1 aromatic carbocycles. The van der Waals surface area contributed by atoms with Crippen LogP contribution in [-0.4, -0.2) is 24.5 Å². The highest BCUT2D eigenvalue weighted by Crippen LogP contribution is 2.29. The first kappa shape index (κ1) is 14.4. The van der Waals surface area contributed by atoms with Crippen molar-refractivity contribution in [3.63, 3.8) is 0 Å². The number of rotatable bonds is 4. The fourth-order valence-electron chi connectivity index (χ4n) is 2.96. The van der Waals surface area contributed by atoms with Gasteiger partial charge in [0.1, 0.15) is 0 Å². The highest BCUT2D eigenvalue weighted by molar-refractivity contribution is 5.46. The number of anilines is 1. The monoisotopic (exact) mass is 260 g/mol. The summed E-state index contributed by atoms with van der Waals surface area (Å²) >= 11 is 0. The molecule has 0 spiro atoms. The third kappa shape index (κ3) is 4.54. The van der Waals surface area contributed by atoms with Gasteiger partial charge in [-0.2, -0.15) is 0 Å². The molecule has 0 saturated carbocycles. The standard InChI is InChI=1S/C17H28N2/c1-17(2)10-6-13-19(14-11-17)12-5-8-15-7-3-4-9-16(15)18/h3-4,7,9H,5-6,8,10-14,18H2,1-2H3. The van der Waals surface area contributed by atoms with Crippen LogP contribution in [0.2, 0.25) is 0 Å². The van der Waals surface area contributed by atoms with E-state index in [0.29, 0.717) is 5.41 Å². The van der Waals surface area contributed by atoms with Crippen LogP contribution in [0.3, 0.4) is 0 Å². The summed E-state index contributed by atoms with van der Waals surface area (Å²) in [5.74, 6) is 0. The largest absolute Gasteiger partial charge is 0.399 e. The summed E-state index contributed by atoms with van der Waals surface area (Å²) < 4.78 is 0. The van der Waals surface area contributed by atoms with E-state index >= 15 is 0 Å². The molecule has 2 N–H and O–H groups in total. The Morgan fingerprint density at radius 1 is 1.16 bits per heavy atom. The van der Waals surface area contributed by atoms with E-state index in [4.69, 9.17) is 5.73 Å². The SMILES string of the molecule is CC1(C)CCCN(CCCc2ccccc2N)CC1. The Balaban J connectivity index is 1.75. The van der Waals surface area contributed by atoms with Gasteiger partial charge < -0.3 is 10.6 Å². The molecule has 1 saturated heterocycles. The minimum atomic E-state index is 0.540. The summed E-state index contributed by atoms with van der Waals surface area (Å²) in [6, 6.07) is 8.25. The van der Waals surface area contributed by atoms with Gasteiger partial charge in [-0.1, -0.05) is 32.0 Å². The summed E-state index contributed by atoms with van der Waals surface area (Å²) in [6.45, 7) is 8.55. The summed E-state index contributed by atoms with van der Waals surface area (Å²) in [4.78, 5) is 2.63. The third-order valence-corrected chi connectivity index (χ3v) is 4.41. The number of aryl methyl sites for hydroxylation is 1. The van der Waals surface area contributed by atoms with Gasteiger partial charge in [-0.3, -0.25) is 0 Å². The van der Waals surface area contributed by atoms with E-state index in [0.717, 1.165) is 12.1 Å². The molecule has 0 unspecified atom stereocenters. The first-order valence-corrected chi connectivity index (χ1v) is 7.63. The van der Waals surface area contributed by atoms with Crippen LogP contribution < -0.4 is 5.73 Å². The molecule has 1 heterocycles. The maximum atomic E-state index is 5.99. The predicted molar refractivity (Wildman–Crippen MR) is 83.2 cm³/mol. The number of likely N-dealkylation sites (tertiary alicyclic amines) is 1. The van der Waals surface area contributed by atoms with Crippen molar-refractivity contribution in [2.45, 2.75) is 46.0 Å². The van der Waals surface area contributed by atoms with Gasteiger partial charge in [0, 0.05) is 5.69 Å². The molecule has 0 aliphatic carbocycles. The lowest BCUT2D eigenvalue weighted by molar-refractivity contribution is 0.260. The Hall–Kier alpha value is -1.02. The molecular weight excluding hydrogens is 232 g/mol. The van der Waals surface area contributed by atoms with E-state index in [1.807, 2.05) is 12.1 Å². The summed E-state index contributed by atoms with van der Waals surface area (Å²) in [6.07, 6.45) is 6.37. The molecule has 0 amide bonds.